The molecule has 82 valence electrons. The van der Waals surface area contributed by atoms with Crippen molar-refractivity contribution in [2.45, 2.75) is 25.9 Å². The molecule has 0 aliphatic heterocycles. The molecule has 1 saturated carbocycles. The fraction of sp³-hybridized carbons (Fsp3) is 0.600. The summed E-state index contributed by atoms with van der Waals surface area (Å²) in [5.41, 5.74) is 0.312. The van der Waals surface area contributed by atoms with Crippen molar-refractivity contribution in [3.8, 4) is 0 Å². The number of hydrogen-bond acceptors (Lipinski definition) is 4. The third-order valence-corrected chi connectivity index (χ3v) is 2.62. The van der Waals surface area contributed by atoms with Crippen molar-refractivity contribution in [2.24, 2.45) is 5.92 Å². The van der Waals surface area contributed by atoms with Gasteiger partial charge in [-0.3, -0.25) is 4.79 Å². The summed E-state index contributed by atoms with van der Waals surface area (Å²) in [7, 11) is 0. The summed E-state index contributed by atoms with van der Waals surface area (Å²) in [5, 5.41) is 15.4. The summed E-state index contributed by atoms with van der Waals surface area (Å²) in [4.78, 5) is 11.5. The lowest BCUT2D eigenvalue weighted by atomic mass is 9.82. The molecule has 1 fully saturated rings. The minimum Gasteiger partial charge on any atom is -0.393 e. The summed E-state index contributed by atoms with van der Waals surface area (Å²) < 4.78 is 4.80. The molecular weight excluding hydrogens is 196 g/mol. The van der Waals surface area contributed by atoms with Gasteiger partial charge >= 0.3 is 0 Å². The molecule has 2 rings (SSSR count). The number of aryl methyl sites for hydroxylation is 1. The fourth-order valence-corrected chi connectivity index (χ4v) is 1.67. The molecule has 1 amide bonds. The number of rotatable bonds is 3. The molecule has 5 heteroatoms. The zero-order valence-electron chi connectivity index (χ0n) is 8.56. The predicted octanol–water partition coefficient (Wildman–Crippen LogP) is 0.484. The molecule has 5 nitrogen and oxygen atoms in total. The highest BCUT2D eigenvalue weighted by molar-refractivity contribution is 5.92. The third kappa shape index (κ3) is 2.36. The topological polar surface area (TPSA) is 75.4 Å². The maximum atomic E-state index is 11.5. The van der Waals surface area contributed by atoms with Gasteiger partial charge in [-0.1, -0.05) is 5.16 Å². The SMILES string of the molecule is Cc1cc(C(=O)NCC2CC(O)C2)no1. The van der Waals surface area contributed by atoms with E-state index >= 15 is 0 Å². The van der Waals surface area contributed by atoms with Crippen LogP contribution in [0.5, 0.6) is 0 Å². The number of aromatic nitrogens is 1. The van der Waals surface area contributed by atoms with Gasteiger partial charge in [-0.15, -0.1) is 0 Å². The highest BCUT2D eigenvalue weighted by Gasteiger charge is 2.27. The number of nitrogens with zero attached hydrogens (tertiary/aromatic N) is 1. The smallest absolute Gasteiger partial charge is 0.273 e. The Morgan fingerprint density at radius 2 is 2.47 bits per heavy atom. The Morgan fingerprint density at radius 1 is 1.73 bits per heavy atom. The quantitative estimate of drug-likeness (QED) is 0.761. The molecule has 0 saturated heterocycles. The number of amides is 1. The summed E-state index contributed by atoms with van der Waals surface area (Å²) in [5.74, 6) is 0.810. The van der Waals surface area contributed by atoms with Gasteiger partial charge < -0.3 is 14.9 Å². The van der Waals surface area contributed by atoms with Gasteiger partial charge in [0.05, 0.1) is 6.10 Å². The maximum absolute atomic E-state index is 11.5. The van der Waals surface area contributed by atoms with Crippen LogP contribution in [0.3, 0.4) is 0 Å². The van der Waals surface area contributed by atoms with Gasteiger partial charge in [-0.25, -0.2) is 0 Å². The number of carbonyl (C=O) groups excluding carboxylic acids is 1. The van der Waals surface area contributed by atoms with Gasteiger partial charge in [-0.05, 0) is 25.7 Å². The molecule has 1 aromatic rings. The molecular formula is C10H14N2O3. The van der Waals surface area contributed by atoms with Crippen LogP contribution in [0.25, 0.3) is 0 Å². The van der Waals surface area contributed by atoms with E-state index in [-0.39, 0.29) is 12.0 Å². The third-order valence-electron chi connectivity index (χ3n) is 2.62. The van der Waals surface area contributed by atoms with Gasteiger partial charge in [0.25, 0.3) is 5.91 Å². The van der Waals surface area contributed by atoms with Crippen LogP contribution < -0.4 is 5.32 Å². The van der Waals surface area contributed by atoms with Crippen molar-refractivity contribution in [3.05, 3.63) is 17.5 Å². The first-order valence-electron chi connectivity index (χ1n) is 5.04. The Balaban J connectivity index is 1.78. The summed E-state index contributed by atoms with van der Waals surface area (Å²) in [6, 6.07) is 1.60. The first-order chi connectivity index (χ1) is 7.15. The van der Waals surface area contributed by atoms with Crippen molar-refractivity contribution < 1.29 is 14.4 Å². The first-order valence-corrected chi connectivity index (χ1v) is 5.04. The van der Waals surface area contributed by atoms with E-state index in [9.17, 15) is 4.79 Å². The van der Waals surface area contributed by atoms with Crippen molar-refractivity contribution >= 4 is 5.91 Å². The molecule has 0 aromatic carbocycles. The molecule has 0 spiro atoms. The van der Waals surface area contributed by atoms with Crippen LogP contribution in [-0.2, 0) is 0 Å². The molecule has 0 bridgehead atoms. The highest BCUT2D eigenvalue weighted by Crippen LogP contribution is 2.26. The van der Waals surface area contributed by atoms with E-state index in [0.29, 0.717) is 23.9 Å². The fourth-order valence-electron chi connectivity index (χ4n) is 1.67. The minimum atomic E-state index is -0.215. The lowest BCUT2D eigenvalue weighted by Gasteiger charge is -2.31. The largest absolute Gasteiger partial charge is 0.393 e. The number of aliphatic hydroxyl groups excluding tert-OH is 1. The van der Waals surface area contributed by atoms with Gasteiger partial charge in [0.2, 0.25) is 0 Å². The lowest BCUT2D eigenvalue weighted by Crippen LogP contribution is -2.38. The van der Waals surface area contributed by atoms with Crippen LogP contribution in [0.2, 0.25) is 0 Å². The molecule has 15 heavy (non-hydrogen) atoms. The van der Waals surface area contributed by atoms with Crippen LogP contribution in [-0.4, -0.2) is 28.8 Å². The summed E-state index contributed by atoms with van der Waals surface area (Å²) in [6.07, 6.45) is 1.37. The second-order valence-corrected chi connectivity index (χ2v) is 4.02. The van der Waals surface area contributed by atoms with Gasteiger partial charge in [-0.2, -0.15) is 0 Å². The Hall–Kier alpha value is -1.36. The van der Waals surface area contributed by atoms with Crippen molar-refractivity contribution in [1.82, 2.24) is 10.5 Å². The summed E-state index contributed by atoms with van der Waals surface area (Å²) in [6.45, 7) is 2.34. The molecule has 1 heterocycles. The normalized spacial score (nSPS) is 24.7. The van der Waals surface area contributed by atoms with Crippen LogP contribution in [0, 0.1) is 12.8 Å². The second-order valence-electron chi connectivity index (χ2n) is 4.02. The van der Waals surface area contributed by atoms with E-state index in [0.717, 1.165) is 12.8 Å². The van der Waals surface area contributed by atoms with Crippen molar-refractivity contribution in [2.75, 3.05) is 6.54 Å². The Labute approximate surface area is 87.5 Å². The van der Waals surface area contributed by atoms with E-state index < -0.39 is 0 Å². The standard InChI is InChI=1S/C10H14N2O3/c1-6-2-9(12-15-6)10(14)11-5-7-3-8(13)4-7/h2,7-8,13H,3-5H2,1H3,(H,11,14). The Morgan fingerprint density at radius 3 is 3.00 bits per heavy atom. The average Bonchev–Trinajstić information content (AvgIpc) is 2.57. The van der Waals surface area contributed by atoms with Crippen LogP contribution in [0.1, 0.15) is 29.1 Å². The monoisotopic (exact) mass is 210 g/mol. The molecule has 0 radical (unpaired) electrons. The number of hydrogen-bond donors (Lipinski definition) is 2. The summed E-state index contributed by atoms with van der Waals surface area (Å²) >= 11 is 0. The first kappa shape index (κ1) is 10.2. The van der Waals surface area contributed by atoms with E-state index in [2.05, 4.69) is 10.5 Å². The molecule has 1 aliphatic rings. The molecule has 1 aromatic heterocycles. The average molecular weight is 210 g/mol. The van der Waals surface area contributed by atoms with Gasteiger partial charge in [0.1, 0.15) is 5.76 Å². The van der Waals surface area contributed by atoms with Crippen molar-refractivity contribution in [3.63, 3.8) is 0 Å². The van der Waals surface area contributed by atoms with Crippen molar-refractivity contribution in [1.29, 1.82) is 0 Å². The van der Waals surface area contributed by atoms with E-state index in [1.807, 2.05) is 0 Å². The second kappa shape index (κ2) is 4.02. The molecule has 0 atom stereocenters. The molecule has 0 unspecified atom stereocenters. The Bertz CT molecular complexity index is 355. The Kier molecular flexibility index (Phi) is 2.73. The zero-order chi connectivity index (χ0) is 10.8. The number of carbonyl (C=O) groups is 1. The van der Waals surface area contributed by atoms with E-state index in [4.69, 9.17) is 9.63 Å². The zero-order valence-corrected chi connectivity index (χ0v) is 8.56. The van der Waals surface area contributed by atoms with Crippen LogP contribution >= 0.6 is 0 Å². The molecule has 1 aliphatic carbocycles. The number of nitrogens with one attached hydrogen (secondary N) is 1. The van der Waals surface area contributed by atoms with Gasteiger partial charge in [0, 0.05) is 12.6 Å². The predicted molar refractivity (Wildman–Crippen MR) is 52.3 cm³/mol. The highest BCUT2D eigenvalue weighted by atomic mass is 16.5. The minimum absolute atomic E-state index is 0.179. The number of aliphatic hydroxyl groups is 1. The van der Waals surface area contributed by atoms with Gasteiger partial charge in [0.15, 0.2) is 5.69 Å². The van der Waals surface area contributed by atoms with E-state index in [1.54, 1.807) is 13.0 Å². The van der Waals surface area contributed by atoms with Crippen LogP contribution in [0.4, 0.5) is 0 Å². The maximum Gasteiger partial charge on any atom is 0.273 e. The molecule has 2 N–H and O–H groups in total. The lowest BCUT2D eigenvalue weighted by molar-refractivity contribution is 0.0419. The van der Waals surface area contributed by atoms with Crippen LogP contribution in [0.15, 0.2) is 10.6 Å². The van der Waals surface area contributed by atoms with E-state index in [1.165, 1.54) is 0 Å².